The Kier molecular flexibility index (Phi) is 2.77. The van der Waals surface area contributed by atoms with Gasteiger partial charge in [-0.2, -0.15) is 0 Å². The Bertz CT molecular complexity index is 426. The second kappa shape index (κ2) is 4.06. The van der Waals surface area contributed by atoms with Crippen LogP contribution in [0.25, 0.3) is 0 Å². The molecular weight excluding hydrogens is 212 g/mol. The molecule has 0 unspecified atom stereocenters. The molecule has 0 atom stereocenters. The molecule has 1 aliphatic rings. The summed E-state index contributed by atoms with van der Waals surface area (Å²) in [5, 5.41) is 8.83. The first-order valence-electron chi connectivity index (χ1n) is 4.72. The normalized spacial score (nSPS) is 15.6. The maximum Gasteiger partial charge on any atom is 0.335 e. The number of carboxylic acid groups (broad SMARTS) is 1. The number of carboxylic acids is 1. The van der Waals surface area contributed by atoms with Gasteiger partial charge in [0.25, 0.3) is 0 Å². The molecule has 0 amide bonds. The van der Waals surface area contributed by atoms with Crippen molar-refractivity contribution in [3.8, 4) is 0 Å². The van der Waals surface area contributed by atoms with Crippen molar-refractivity contribution in [2.45, 2.75) is 17.7 Å². The second-order valence-corrected chi connectivity index (χ2v) is 4.53. The van der Waals surface area contributed by atoms with Gasteiger partial charge in [0.2, 0.25) is 0 Å². The molecule has 0 saturated heterocycles. The lowest BCUT2D eigenvalue weighted by Crippen LogP contribution is -2.01. The lowest BCUT2D eigenvalue weighted by Gasteiger charge is -2.04. The topological polar surface area (TPSA) is 54.4 Å². The number of Topliss-reactive ketones (excluding diaryl/α,β-unsaturated/α-hetero) is 1. The molecule has 2 rings (SSSR count). The number of hydrogen-bond acceptors (Lipinski definition) is 3. The Morgan fingerprint density at radius 3 is 2.93 bits per heavy atom. The molecule has 1 aromatic carbocycles. The number of aromatic carboxylic acids is 1. The summed E-state index contributed by atoms with van der Waals surface area (Å²) in [5.74, 6) is 0.0453. The van der Waals surface area contributed by atoms with Crippen molar-refractivity contribution < 1.29 is 14.7 Å². The number of hydrogen-bond donors (Lipinski definition) is 1. The van der Waals surface area contributed by atoms with Crippen LogP contribution in [0.3, 0.4) is 0 Å². The standard InChI is InChI=1S/C11H10O3S/c12-9-2-1-5-15-10-6-7(11(13)14)3-4-8(9)10/h3-4,6H,1-2,5H2,(H,13,14). The molecule has 1 N–H and O–H groups in total. The largest absolute Gasteiger partial charge is 0.478 e. The molecule has 0 fully saturated rings. The molecule has 0 aliphatic carbocycles. The van der Waals surface area contributed by atoms with Crippen molar-refractivity contribution in [2.75, 3.05) is 5.75 Å². The van der Waals surface area contributed by atoms with E-state index in [2.05, 4.69) is 0 Å². The van der Waals surface area contributed by atoms with Crippen LogP contribution in [0.2, 0.25) is 0 Å². The van der Waals surface area contributed by atoms with E-state index in [9.17, 15) is 9.59 Å². The highest BCUT2D eigenvalue weighted by Gasteiger charge is 2.17. The molecule has 1 aromatic rings. The van der Waals surface area contributed by atoms with Crippen molar-refractivity contribution in [3.63, 3.8) is 0 Å². The molecule has 0 radical (unpaired) electrons. The van der Waals surface area contributed by atoms with Gasteiger partial charge in [-0.05, 0) is 30.4 Å². The molecule has 1 aliphatic heterocycles. The lowest BCUT2D eigenvalue weighted by molar-refractivity contribution is 0.0696. The first-order chi connectivity index (χ1) is 7.18. The van der Waals surface area contributed by atoms with Crippen LogP contribution in [-0.4, -0.2) is 22.6 Å². The Hall–Kier alpha value is -1.29. The summed E-state index contributed by atoms with van der Waals surface area (Å²) in [6.45, 7) is 0. The van der Waals surface area contributed by atoms with E-state index in [-0.39, 0.29) is 11.3 Å². The Morgan fingerprint density at radius 2 is 2.20 bits per heavy atom. The average Bonchev–Trinajstić information content (AvgIpc) is 2.40. The van der Waals surface area contributed by atoms with Crippen LogP contribution < -0.4 is 0 Å². The zero-order chi connectivity index (χ0) is 10.8. The number of thioether (sulfide) groups is 1. The van der Waals surface area contributed by atoms with Crippen LogP contribution in [0.4, 0.5) is 0 Å². The third-order valence-corrected chi connectivity index (χ3v) is 3.48. The van der Waals surface area contributed by atoms with Gasteiger partial charge in [0, 0.05) is 16.9 Å². The van der Waals surface area contributed by atoms with E-state index in [1.54, 1.807) is 23.9 Å². The highest BCUT2D eigenvalue weighted by molar-refractivity contribution is 7.99. The highest BCUT2D eigenvalue weighted by Crippen LogP contribution is 2.29. The minimum Gasteiger partial charge on any atom is -0.478 e. The molecule has 4 heteroatoms. The fourth-order valence-electron chi connectivity index (χ4n) is 1.55. The number of rotatable bonds is 1. The third kappa shape index (κ3) is 2.04. The molecule has 78 valence electrons. The van der Waals surface area contributed by atoms with E-state index in [0.717, 1.165) is 17.1 Å². The maximum absolute atomic E-state index is 11.6. The van der Waals surface area contributed by atoms with Crippen molar-refractivity contribution in [3.05, 3.63) is 29.3 Å². The van der Waals surface area contributed by atoms with E-state index >= 15 is 0 Å². The van der Waals surface area contributed by atoms with Gasteiger partial charge in [-0.15, -0.1) is 11.8 Å². The monoisotopic (exact) mass is 222 g/mol. The van der Waals surface area contributed by atoms with Crippen LogP contribution in [-0.2, 0) is 0 Å². The van der Waals surface area contributed by atoms with Crippen molar-refractivity contribution >= 4 is 23.5 Å². The first kappa shape index (κ1) is 10.2. The van der Waals surface area contributed by atoms with Gasteiger partial charge >= 0.3 is 5.97 Å². The predicted octanol–water partition coefficient (Wildman–Crippen LogP) is 2.45. The summed E-state index contributed by atoms with van der Waals surface area (Å²) in [6, 6.07) is 4.70. The molecule has 0 bridgehead atoms. The predicted molar refractivity (Wildman–Crippen MR) is 57.7 cm³/mol. The SMILES string of the molecule is O=C(O)c1ccc2c(c1)SCCCC2=O. The summed E-state index contributed by atoms with van der Waals surface area (Å²) in [4.78, 5) is 23.2. The molecule has 0 saturated carbocycles. The quantitative estimate of drug-likeness (QED) is 0.793. The second-order valence-electron chi connectivity index (χ2n) is 3.39. The Balaban J connectivity index is 2.47. The number of benzene rings is 1. The third-order valence-electron chi connectivity index (χ3n) is 2.33. The first-order valence-corrected chi connectivity index (χ1v) is 5.70. The van der Waals surface area contributed by atoms with Crippen LogP contribution in [0, 0.1) is 0 Å². The van der Waals surface area contributed by atoms with E-state index in [1.165, 1.54) is 6.07 Å². The zero-order valence-electron chi connectivity index (χ0n) is 8.03. The number of carbonyl (C=O) groups is 2. The van der Waals surface area contributed by atoms with E-state index in [0.29, 0.717) is 12.0 Å². The van der Waals surface area contributed by atoms with Gasteiger partial charge < -0.3 is 5.11 Å². The molecule has 1 heterocycles. The average molecular weight is 222 g/mol. The molecular formula is C11H10O3S. The van der Waals surface area contributed by atoms with Gasteiger partial charge in [-0.1, -0.05) is 0 Å². The van der Waals surface area contributed by atoms with Gasteiger partial charge in [0.1, 0.15) is 0 Å². The van der Waals surface area contributed by atoms with Crippen LogP contribution in [0.1, 0.15) is 33.6 Å². The van der Waals surface area contributed by atoms with Gasteiger partial charge in [-0.25, -0.2) is 4.79 Å². The van der Waals surface area contributed by atoms with Crippen molar-refractivity contribution in [1.29, 1.82) is 0 Å². The minimum atomic E-state index is -0.949. The lowest BCUT2D eigenvalue weighted by atomic mass is 10.1. The smallest absolute Gasteiger partial charge is 0.335 e. The van der Waals surface area contributed by atoms with Gasteiger partial charge in [0.15, 0.2) is 5.78 Å². The summed E-state index contributed by atoms with van der Waals surface area (Å²) in [7, 11) is 0. The summed E-state index contributed by atoms with van der Waals surface area (Å²) in [6.07, 6.45) is 1.42. The van der Waals surface area contributed by atoms with Gasteiger partial charge in [-0.3, -0.25) is 4.79 Å². The van der Waals surface area contributed by atoms with Gasteiger partial charge in [0.05, 0.1) is 5.56 Å². The fraction of sp³-hybridized carbons (Fsp3) is 0.273. The van der Waals surface area contributed by atoms with E-state index in [4.69, 9.17) is 5.11 Å². The van der Waals surface area contributed by atoms with E-state index < -0.39 is 5.97 Å². The molecule has 0 spiro atoms. The molecule has 0 aromatic heterocycles. The van der Waals surface area contributed by atoms with Crippen molar-refractivity contribution in [2.24, 2.45) is 0 Å². The number of fused-ring (bicyclic) bond motifs is 1. The minimum absolute atomic E-state index is 0.118. The number of carbonyl (C=O) groups excluding carboxylic acids is 1. The summed E-state index contributed by atoms with van der Waals surface area (Å²) < 4.78 is 0. The van der Waals surface area contributed by atoms with Crippen LogP contribution >= 0.6 is 11.8 Å². The zero-order valence-corrected chi connectivity index (χ0v) is 8.84. The maximum atomic E-state index is 11.6. The Morgan fingerprint density at radius 1 is 1.40 bits per heavy atom. The molecule has 3 nitrogen and oxygen atoms in total. The fourth-order valence-corrected chi connectivity index (χ4v) is 2.61. The van der Waals surface area contributed by atoms with E-state index in [1.807, 2.05) is 0 Å². The number of ketones is 1. The molecule has 15 heavy (non-hydrogen) atoms. The summed E-state index contributed by atoms with van der Waals surface area (Å²) in [5.41, 5.74) is 0.915. The Labute approximate surface area is 91.5 Å². The highest BCUT2D eigenvalue weighted by atomic mass is 32.2. The van der Waals surface area contributed by atoms with Crippen LogP contribution in [0.15, 0.2) is 23.1 Å². The van der Waals surface area contributed by atoms with Crippen LogP contribution in [0.5, 0.6) is 0 Å². The van der Waals surface area contributed by atoms with Crippen molar-refractivity contribution in [1.82, 2.24) is 0 Å². The summed E-state index contributed by atoms with van der Waals surface area (Å²) >= 11 is 1.56.